The number of anilines is 1. The molecule has 3 heterocycles. The largest absolute Gasteiger partial charge is 0.497 e. The van der Waals surface area contributed by atoms with Crippen LogP contribution in [0.5, 0.6) is 11.5 Å². The third kappa shape index (κ3) is 4.29. The van der Waals surface area contributed by atoms with Crippen molar-refractivity contribution in [3.8, 4) is 34.3 Å². The average molecular weight is 486 g/mol. The first kappa shape index (κ1) is 22.8. The number of methoxy groups -OCH3 is 2. The van der Waals surface area contributed by atoms with Crippen molar-refractivity contribution in [1.29, 1.82) is 0 Å². The van der Waals surface area contributed by atoms with Gasteiger partial charge in [0.2, 0.25) is 11.7 Å². The number of aromatic nitrogens is 5. The normalized spacial score (nSPS) is 11.0. The minimum atomic E-state index is -0.484. The first-order valence-corrected chi connectivity index (χ1v) is 11.0. The van der Waals surface area contributed by atoms with E-state index in [0.29, 0.717) is 28.6 Å². The topological polar surface area (TPSA) is 126 Å². The molecule has 3 aromatic heterocycles. The summed E-state index contributed by atoms with van der Waals surface area (Å²) < 4.78 is 18.3. The zero-order chi connectivity index (χ0) is 25.2. The third-order valence-corrected chi connectivity index (χ3v) is 5.55. The van der Waals surface area contributed by atoms with Gasteiger partial charge in [0.1, 0.15) is 18.0 Å². The van der Waals surface area contributed by atoms with Crippen molar-refractivity contribution in [1.82, 2.24) is 24.3 Å². The van der Waals surface area contributed by atoms with E-state index in [1.165, 1.54) is 18.6 Å². The van der Waals surface area contributed by atoms with Gasteiger partial charge >= 0.3 is 5.69 Å². The van der Waals surface area contributed by atoms with Gasteiger partial charge in [-0.15, -0.1) is 5.10 Å². The van der Waals surface area contributed by atoms with Crippen molar-refractivity contribution in [2.45, 2.75) is 13.5 Å². The molecule has 11 heteroatoms. The molecule has 182 valence electrons. The van der Waals surface area contributed by atoms with E-state index in [9.17, 15) is 9.59 Å². The van der Waals surface area contributed by atoms with Crippen molar-refractivity contribution in [2.24, 2.45) is 0 Å². The molecule has 0 fully saturated rings. The maximum Gasteiger partial charge on any atom is 0.350 e. The second-order valence-electron chi connectivity index (χ2n) is 7.96. The van der Waals surface area contributed by atoms with E-state index in [1.54, 1.807) is 36.5 Å². The Morgan fingerprint density at radius 2 is 1.89 bits per heavy atom. The first-order valence-electron chi connectivity index (χ1n) is 11.0. The van der Waals surface area contributed by atoms with Crippen molar-refractivity contribution in [3.05, 3.63) is 76.8 Å². The minimum Gasteiger partial charge on any atom is -0.497 e. The van der Waals surface area contributed by atoms with Gasteiger partial charge in [0.25, 0.3) is 5.89 Å². The van der Waals surface area contributed by atoms with Gasteiger partial charge < -0.3 is 19.3 Å². The molecule has 5 rings (SSSR count). The van der Waals surface area contributed by atoms with Gasteiger partial charge in [0, 0.05) is 17.8 Å². The van der Waals surface area contributed by atoms with Crippen LogP contribution in [-0.2, 0) is 11.3 Å². The number of nitrogens with one attached hydrogen (secondary N) is 1. The summed E-state index contributed by atoms with van der Waals surface area (Å²) in [5.41, 5.74) is 2.63. The Morgan fingerprint density at radius 3 is 2.64 bits per heavy atom. The van der Waals surface area contributed by atoms with Crippen molar-refractivity contribution < 1.29 is 18.8 Å². The molecule has 0 aliphatic rings. The number of rotatable bonds is 7. The lowest BCUT2D eigenvalue weighted by Gasteiger charge is -2.11. The number of ether oxygens (including phenoxy) is 2. The van der Waals surface area contributed by atoms with Gasteiger partial charge in [0.15, 0.2) is 5.65 Å². The molecule has 1 N–H and O–H groups in total. The number of amides is 1. The predicted octanol–water partition coefficient (Wildman–Crippen LogP) is 3.18. The Kier molecular flexibility index (Phi) is 5.95. The van der Waals surface area contributed by atoms with Crippen LogP contribution in [0, 0.1) is 6.92 Å². The van der Waals surface area contributed by atoms with Crippen molar-refractivity contribution in [3.63, 3.8) is 0 Å². The number of carbonyl (C=O) groups excluding carboxylic acids is 1. The summed E-state index contributed by atoms with van der Waals surface area (Å²) in [5.74, 6) is 1.18. The fourth-order valence-electron chi connectivity index (χ4n) is 3.69. The Morgan fingerprint density at radius 1 is 1.08 bits per heavy atom. The number of fused-ring (bicyclic) bond motifs is 1. The number of nitrogens with zero attached hydrogens (tertiary/aromatic N) is 5. The van der Waals surface area contributed by atoms with Gasteiger partial charge in [-0.05, 0) is 31.2 Å². The quantitative estimate of drug-likeness (QED) is 0.372. The highest BCUT2D eigenvalue weighted by molar-refractivity contribution is 5.92. The van der Waals surface area contributed by atoms with E-state index in [4.69, 9.17) is 14.0 Å². The molecular formula is C25H22N6O5. The molecule has 0 saturated heterocycles. The predicted molar refractivity (Wildman–Crippen MR) is 131 cm³/mol. The van der Waals surface area contributed by atoms with Crippen molar-refractivity contribution >= 4 is 17.2 Å². The molecular weight excluding hydrogens is 464 g/mol. The molecule has 5 aromatic rings. The molecule has 0 saturated carbocycles. The van der Waals surface area contributed by atoms with Crippen LogP contribution in [0.1, 0.15) is 5.56 Å². The monoisotopic (exact) mass is 486 g/mol. The summed E-state index contributed by atoms with van der Waals surface area (Å²) >= 11 is 0. The summed E-state index contributed by atoms with van der Waals surface area (Å²) in [4.78, 5) is 30.1. The lowest BCUT2D eigenvalue weighted by molar-refractivity contribution is -0.117. The molecule has 0 unspecified atom stereocenters. The van der Waals surface area contributed by atoms with Crippen LogP contribution in [-0.4, -0.2) is 44.4 Å². The zero-order valence-corrected chi connectivity index (χ0v) is 19.8. The molecule has 0 radical (unpaired) electrons. The van der Waals surface area contributed by atoms with E-state index in [1.807, 2.05) is 31.2 Å². The van der Waals surface area contributed by atoms with Gasteiger partial charge in [-0.2, -0.15) is 4.98 Å². The van der Waals surface area contributed by atoms with Crippen LogP contribution in [0.2, 0.25) is 0 Å². The number of benzene rings is 2. The minimum absolute atomic E-state index is 0.209. The second-order valence-corrected chi connectivity index (χ2v) is 7.96. The standard InChI is InChI=1S/C25H22N6O5/c1-15-6-8-16(9-7-15)22-27-24(36-29-22)18-5-4-12-30-23(18)28-31(25(30)33)14-21(32)26-19-11-10-17(34-2)13-20(19)35-3/h4-13H,14H2,1-3H3,(H,26,32). The van der Waals surface area contributed by atoms with E-state index < -0.39 is 11.6 Å². The van der Waals surface area contributed by atoms with Crippen LogP contribution in [0.15, 0.2) is 70.1 Å². The first-order chi connectivity index (χ1) is 17.5. The van der Waals surface area contributed by atoms with E-state index in [2.05, 4.69) is 20.6 Å². The molecule has 0 spiro atoms. The number of hydrogen-bond donors (Lipinski definition) is 1. The highest BCUT2D eigenvalue weighted by atomic mass is 16.5. The lowest BCUT2D eigenvalue weighted by atomic mass is 10.1. The number of aryl methyl sites for hydroxylation is 1. The summed E-state index contributed by atoms with van der Waals surface area (Å²) in [6.07, 6.45) is 1.56. The summed E-state index contributed by atoms with van der Waals surface area (Å²) in [6, 6.07) is 16.1. The number of carbonyl (C=O) groups is 1. The second kappa shape index (κ2) is 9.37. The Labute approximate surface area is 204 Å². The number of pyridine rings is 1. The molecule has 0 bridgehead atoms. The summed E-state index contributed by atoms with van der Waals surface area (Å²) in [5, 5.41) is 11.2. The molecule has 11 nitrogen and oxygen atoms in total. The molecule has 1 amide bonds. The number of hydrogen-bond acceptors (Lipinski definition) is 8. The van der Waals surface area contributed by atoms with Crippen molar-refractivity contribution in [2.75, 3.05) is 19.5 Å². The zero-order valence-electron chi connectivity index (χ0n) is 19.8. The maximum absolute atomic E-state index is 12.9. The van der Waals surface area contributed by atoms with Crippen LogP contribution in [0.3, 0.4) is 0 Å². The Balaban J connectivity index is 1.42. The summed E-state index contributed by atoms with van der Waals surface area (Å²) in [7, 11) is 3.02. The van der Waals surface area contributed by atoms with Gasteiger partial charge in [-0.25, -0.2) is 13.9 Å². The molecule has 0 aliphatic heterocycles. The van der Waals surface area contributed by atoms with Crippen LogP contribution < -0.4 is 20.5 Å². The summed E-state index contributed by atoms with van der Waals surface area (Å²) in [6.45, 7) is 1.68. The van der Waals surface area contributed by atoms with Crippen LogP contribution >= 0.6 is 0 Å². The van der Waals surface area contributed by atoms with Crippen LogP contribution in [0.25, 0.3) is 28.5 Å². The Bertz CT molecular complexity index is 1620. The molecule has 2 aromatic carbocycles. The van der Waals surface area contributed by atoms with E-state index in [-0.39, 0.29) is 18.1 Å². The van der Waals surface area contributed by atoms with Gasteiger partial charge in [-0.1, -0.05) is 35.0 Å². The average Bonchev–Trinajstić information content (AvgIpc) is 3.50. The van der Waals surface area contributed by atoms with Crippen LogP contribution in [0.4, 0.5) is 5.69 Å². The fourth-order valence-corrected chi connectivity index (χ4v) is 3.69. The fraction of sp³-hybridized carbons (Fsp3) is 0.160. The highest BCUT2D eigenvalue weighted by Crippen LogP contribution is 2.29. The Hall–Kier alpha value is -4.93. The smallest absolute Gasteiger partial charge is 0.350 e. The van der Waals surface area contributed by atoms with E-state index >= 15 is 0 Å². The highest BCUT2D eigenvalue weighted by Gasteiger charge is 2.19. The molecule has 36 heavy (non-hydrogen) atoms. The molecule has 0 aliphatic carbocycles. The maximum atomic E-state index is 12.9. The van der Waals surface area contributed by atoms with Gasteiger partial charge in [-0.3, -0.25) is 4.79 Å². The SMILES string of the molecule is COc1ccc(NC(=O)Cn2nc3c(-c4nc(-c5ccc(C)cc5)no4)cccn3c2=O)c(OC)c1. The third-order valence-electron chi connectivity index (χ3n) is 5.55. The lowest BCUT2D eigenvalue weighted by Crippen LogP contribution is -2.28. The van der Waals surface area contributed by atoms with Gasteiger partial charge in [0.05, 0.1) is 25.5 Å². The van der Waals surface area contributed by atoms with E-state index in [0.717, 1.165) is 15.8 Å². The molecule has 0 atom stereocenters.